The minimum absolute atomic E-state index is 0.234. The van der Waals surface area contributed by atoms with Crippen LogP contribution in [0.15, 0.2) is 65.2 Å². The van der Waals surface area contributed by atoms with E-state index in [2.05, 4.69) is 5.16 Å². The molecule has 0 saturated heterocycles. The molecule has 4 nitrogen and oxygen atoms in total. The Balaban J connectivity index is 1.80. The molecular formula is C18H16FNO3S. The molecule has 1 aromatic heterocycles. The van der Waals surface area contributed by atoms with Gasteiger partial charge in [0, 0.05) is 11.6 Å². The molecule has 1 heterocycles. The molecule has 6 heteroatoms. The van der Waals surface area contributed by atoms with Crippen LogP contribution in [0.4, 0.5) is 4.39 Å². The maximum absolute atomic E-state index is 13.0. The number of sulfone groups is 1. The van der Waals surface area contributed by atoms with E-state index in [0.29, 0.717) is 17.0 Å². The van der Waals surface area contributed by atoms with E-state index in [1.807, 2.05) is 30.3 Å². The summed E-state index contributed by atoms with van der Waals surface area (Å²) < 4.78 is 43.3. The van der Waals surface area contributed by atoms with Crippen molar-refractivity contribution < 1.29 is 17.3 Å². The summed E-state index contributed by atoms with van der Waals surface area (Å²) in [5.41, 5.74) is 1.73. The van der Waals surface area contributed by atoms with Gasteiger partial charge in [-0.2, -0.15) is 0 Å². The number of aromatic nitrogens is 1. The van der Waals surface area contributed by atoms with Crippen LogP contribution in [-0.4, -0.2) is 13.6 Å². The summed E-state index contributed by atoms with van der Waals surface area (Å²) in [5, 5.41) is 3.10. The third-order valence-corrected chi connectivity index (χ3v) is 5.89. The minimum Gasteiger partial charge on any atom is -0.356 e. The Morgan fingerprint density at radius 2 is 1.75 bits per heavy atom. The van der Waals surface area contributed by atoms with E-state index in [4.69, 9.17) is 4.52 Å². The first-order valence-electron chi connectivity index (χ1n) is 7.44. The number of halogens is 1. The third-order valence-electron chi connectivity index (χ3n) is 3.84. The lowest BCUT2D eigenvalue weighted by Gasteiger charge is -2.12. The van der Waals surface area contributed by atoms with Crippen molar-refractivity contribution in [1.29, 1.82) is 0 Å². The molecule has 1 atom stereocenters. The first kappa shape index (κ1) is 16.4. The molecule has 24 heavy (non-hydrogen) atoms. The van der Waals surface area contributed by atoms with Crippen molar-refractivity contribution in [2.75, 3.05) is 0 Å². The van der Waals surface area contributed by atoms with E-state index < -0.39 is 20.9 Å². The summed E-state index contributed by atoms with van der Waals surface area (Å²) in [6, 6.07) is 16.4. The lowest BCUT2D eigenvalue weighted by Crippen LogP contribution is -2.13. The second-order valence-electron chi connectivity index (χ2n) is 5.55. The Hall–Kier alpha value is -2.47. The first-order chi connectivity index (χ1) is 11.5. The normalized spacial score (nSPS) is 12.9. The van der Waals surface area contributed by atoms with Crippen LogP contribution >= 0.6 is 0 Å². The Morgan fingerprint density at radius 1 is 1.08 bits per heavy atom. The highest BCUT2D eigenvalue weighted by atomic mass is 32.2. The van der Waals surface area contributed by atoms with Crippen molar-refractivity contribution in [1.82, 2.24) is 5.16 Å². The number of hydrogen-bond acceptors (Lipinski definition) is 4. The van der Waals surface area contributed by atoms with Crippen LogP contribution in [0.3, 0.4) is 0 Å². The van der Waals surface area contributed by atoms with Gasteiger partial charge in [-0.3, -0.25) is 0 Å². The van der Waals surface area contributed by atoms with Gasteiger partial charge in [0.2, 0.25) is 0 Å². The fourth-order valence-electron chi connectivity index (χ4n) is 2.39. The molecule has 0 radical (unpaired) electrons. The molecule has 3 aromatic rings. The van der Waals surface area contributed by atoms with Gasteiger partial charge in [-0.05, 0) is 24.6 Å². The zero-order valence-corrected chi connectivity index (χ0v) is 13.8. The summed E-state index contributed by atoms with van der Waals surface area (Å²) in [6.45, 7) is 1.58. The molecule has 0 bridgehead atoms. The molecule has 0 aliphatic heterocycles. The highest BCUT2D eigenvalue weighted by Crippen LogP contribution is 2.27. The third kappa shape index (κ3) is 3.54. The summed E-state index contributed by atoms with van der Waals surface area (Å²) in [7, 11) is -3.49. The number of nitrogens with zero attached hydrogens (tertiary/aromatic N) is 1. The Bertz CT molecular complexity index is 918. The van der Waals surface area contributed by atoms with Gasteiger partial charge in [0.25, 0.3) is 0 Å². The Morgan fingerprint density at radius 3 is 2.42 bits per heavy atom. The van der Waals surface area contributed by atoms with Gasteiger partial charge in [0.1, 0.15) is 5.82 Å². The first-order valence-corrected chi connectivity index (χ1v) is 9.15. The maximum atomic E-state index is 13.0. The van der Waals surface area contributed by atoms with E-state index in [9.17, 15) is 12.8 Å². The zero-order chi connectivity index (χ0) is 17.2. The summed E-state index contributed by atoms with van der Waals surface area (Å²) >= 11 is 0. The average Bonchev–Trinajstić information content (AvgIpc) is 3.03. The van der Waals surface area contributed by atoms with E-state index in [1.165, 1.54) is 24.3 Å². The number of benzene rings is 2. The molecule has 0 N–H and O–H groups in total. The van der Waals surface area contributed by atoms with Crippen LogP contribution < -0.4 is 0 Å². The van der Waals surface area contributed by atoms with E-state index in [-0.39, 0.29) is 5.75 Å². The summed E-state index contributed by atoms with van der Waals surface area (Å²) in [5.74, 6) is -0.107. The van der Waals surface area contributed by atoms with Gasteiger partial charge < -0.3 is 4.52 Å². The van der Waals surface area contributed by atoms with Gasteiger partial charge in [-0.1, -0.05) is 47.6 Å². The van der Waals surface area contributed by atoms with Crippen LogP contribution in [0.5, 0.6) is 0 Å². The van der Waals surface area contributed by atoms with Crippen LogP contribution in [0.25, 0.3) is 11.3 Å². The molecule has 0 fully saturated rings. The quantitative estimate of drug-likeness (QED) is 0.697. The van der Waals surface area contributed by atoms with Crippen molar-refractivity contribution in [3.8, 4) is 11.3 Å². The summed E-state index contributed by atoms with van der Waals surface area (Å²) in [6.07, 6.45) is 0. The zero-order valence-electron chi connectivity index (χ0n) is 13.0. The van der Waals surface area contributed by atoms with Gasteiger partial charge in [-0.15, -0.1) is 0 Å². The van der Waals surface area contributed by atoms with E-state index in [0.717, 1.165) is 5.56 Å². The largest absolute Gasteiger partial charge is 0.356 e. The van der Waals surface area contributed by atoms with Gasteiger partial charge in [0.05, 0.1) is 16.7 Å². The van der Waals surface area contributed by atoms with Crippen molar-refractivity contribution in [2.24, 2.45) is 0 Å². The molecule has 3 rings (SSSR count). The highest BCUT2D eigenvalue weighted by molar-refractivity contribution is 7.90. The Labute approximate surface area is 139 Å². The lowest BCUT2D eigenvalue weighted by atomic mass is 10.2. The Kier molecular flexibility index (Phi) is 4.49. The lowest BCUT2D eigenvalue weighted by molar-refractivity contribution is 0.425. The second kappa shape index (κ2) is 6.57. The van der Waals surface area contributed by atoms with Crippen molar-refractivity contribution in [2.45, 2.75) is 17.9 Å². The fraction of sp³-hybridized carbons (Fsp3) is 0.167. The molecular weight excluding hydrogens is 329 g/mol. The molecule has 0 amide bonds. The number of hydrogen-bond donors (Lipinski definition) is 0. The molecule has 0 spiro atoms. The van der Waals surface area contributed by atoms with Crippen LogP contribution in [0.2, 0.25) is 0 Å². The maximum Gasteiger partial charge on any atom is 0.167 e. The minimum atomic E-state index is -3.49. The molecule has 124 valence electrons. The van der Waals surface area contributed by atoms with Crippen molar-refractivity contribution in [3.63, 3.8) is 0 Å². The van der Waals surface area contributed by atoms with Crippen LogP contribution in [-0.2, 0) is 15.6 Å². The van der Waals surface area contributed by atoms with Gasteiger partial charge in [0.15, 0.2) is 15.6 Å². The van der Waals surface area contributed by atoms with E-state index >= 15 is 0 Å². The van der Waals surface area contributed by atoms with Crippen LogP contribution in [0, 0.1) is 5.82 Å². The number of rotatable bonds is 5. The van der Waals surface area contributed by atoms with Crippen molar-refractivity contribution >= 4 is 9.84 Å². The predicted molar refractivity (Wildman–Crippen MR) is 89.4 cm³/mol. The monoisotopic (exact) mass is 345 g/mol. The molecule has 0 unspecified atom stereocenters. The van der Waals surface area contributed by atoms with Crippen molar-refractivity contribution in [3.05, 3.63) is 77.7 Å². The topological polar surface area (TPSA) is 60.2 Å². The smallest absolute Gasteiger partial charge is 0.167 e. The summed E-state index contributed by atoms with van der Waals surface area (Å²) in [4.78, 5) is 0. The average molecular weight is 345 g/mol. The highest BCUT2D eigenvalue weighted by Gasteiger charge is 2.25. The van der Waals surface area contributed by atoms with Gasteiger partial charge in [-0.25, -0.2) is 12.8 Å². The molecule has 0 aliphatic carbocycles. The predicted octanol–water partition coefficient (Wildman–Crippen LogP) is 4.16. The molecule has 2 aromatic carbocycles. The van der Waals surface area contributed by atoms with Gasteiger partial charge >= 0.3 is 0 Å². The molecule has 0 saturated carbocycles. The SMILES string of the molecule is C[C@@H](c1ccc(F)cc1)S(=O)(=O)Cc1cc(-c2ccccc2)on1. The van der Waals surface area contributed by atoms with E-state index in [1.54, 1.807) is 13.0 Å². The molecule has 0 aliphatic rings. The second-order valence-corrected chi connectivity index (χ2v) is 7.87. The van der Waals surface area contributed by atoms with Crippen LogP contribution in [0.1, 0.15) is 23.4 Å². The standard InChI is InChI=1S/C18H16FNO3S/c1-13(14-7-9-16(19)10-8-14)24(21,22)12-17-11-18(23-20-17)15-5-3-2-4-6-15/h2-11,13H,12H2,1H3/t13-/m0/s1. The fourth-order valence-corrected chi connectivity index (χ4v) is 3.76.